The summed E-state index contributed by atoms with van der Waals surface area (Å²) in [5.74, 6) is -0.802. The molecule has 0 saturated heterocycles. The van der Waals surface area contributed by atoms with Gasteiger partial charge in [0.25, 0.3) is 0 Å². The molecule has 0 radical (unpaired) electrons. The van der Waals surface area contributed by atoms with Crippen molar-refractivity contribution in [1.82, 2.24) is 25.2 Å². The lowest BCUT2D eigenvalue weighted by atomic mass is 10.1. The number of ether oxygens (including phenoxy) is 1. The second-order valence-corrected chi connectivity index (χ2v) is 5.90. The van der Waals surface area contributed by atoms with Gasteiger partial charge >= 0.3 is 0 Å². The van der Waals surface area contributed by atoms with Crippen molar-refractivity contribution < 1.29 is 14.6 Å². The van der Waals surface area contributed by atoms with E-state index in [1.807, 2.05) is 11.5 Å². The summed E-state index contributed by atoms with van der Waals surface area (Å²) in [7, 11) is 1.61. The van der Waals surface area contributed by atoms with Crippen molar-refractivity contribution in [3.05, 3.63) is 70.8 Å². The zero-order chi connectivity index (χ0) is 18.5. The number of aliphatic hydroxyl groups is 1. The highest BCUT2D eigenvalue weighted by Gasteiger charge is 2.13. The first-order chi connectivity index (χ1) is 12.6. The van der Waals surface area contributed by atoms with Crippen LogP contribution in [-0.4, -0.2) is 43.2 Å². The number of benzene rings is 1. The molecule has 0 unspecified atom stereocenters. The lowest BCUT2D eigenvalue weighted by molar-refractivity contribution is 0.103. The van der Waals surface area contributed by atoms with Gasteiger partial charge in [0.15, 0.2) is 0 Å². The average Bonchev–Trinajstić information content (AvgIpc) is 3.28. The topological polar surface area (TPSA) is 106 Å². The zero-order valence-electron chi connectivity index (χ0n) is 14.5. The Morgan fingerprint density at radius 1 is 1.35 bits per heavy atom. The number of aliphatic hydroxyl groups excluding tert-OH is 1. The first-order valence-electron chi connectivity index (χ1n) is 7.99. The fourth-order valence-corrected chi connectivity index (χ4v) is 2.54. The van der Waals surface area contributed by atoms with Crippen LogP contribution in [0.25, 0.3) is 5.76 Å². The number of aromatic amines is 1. The van der Waals surface area contributed by atoms with Crippen LogP contribution in [0.2, 0.25) is 0 Å². The average molecular weight is 353 g/mol. The molecular weight excluding hydrogens is 334 g/mol. The Labute approximate surface area is 150 Å². The smallest absolute Gasteiger partial charge is 0.244 e. The van der Waals surface area contributed by atoms with Gasteiger partial charge in [0.1, 0.15) is 5.76 Å². The van der Waals surface area contributed by atoms with Gasteiger partial charge in [0.05, 0.1) is 6.61 Å². The van der Waals surface area contributed by atoms with Gasteiger partial charge in [0.2, 0.25) is 11.6 Å². The number of ketones is 1. The predicted molar refractivity (Wildman–Crippen MR) is 94.5 cm³/mol. The number of hydrogen-bond donors (Lipinski definition) is 2. The predicted octanol–water partition coefficient (Wildman–Crippen LogP) is 2.29. The minimum absolute atomic E-state index is 0.104. The maximum Gasteiger partial charge on any atom is 0.244 e. The number of carbonyl (C=O) groups is 1. The number of methoxy groups -OCH3 is 1. The number of rotatable bonds is 7. The van der Waals surface area contributed by atoms with Gasteiger partial charge in [-0.2, -0.15) is 5.21 Å². The minimum atomic E-state index is -0.532. The van der Waals surface area contributed by atoms with E-state index in [2.05, 4.69) is 44.9 Å². The SMILES string of the molecule is COCc1cc(C(O)=CC(=O)c2nn[nH]n2)cn1Cc1ccc(C)cc1. The van der Waals surface area contributed by atoms with E-state index < -0.39 is 5.78 Å². The minimum Gasteiger partial charge on any atom is -0.507 e. The van der Waals surface area contributed by atoms with Crippen molar-refractivity contribution >= 4 is 11.5 Å². The Balaban J connectivity index is 1.86. The van der Waals surface area contributed by atoms with Crippen LogP contribution in [0.1, 0.15) is 33.0 Å². The lowest BCUT2D eigenvalue weighted by Crippen LogP contribution is -2.04. The molecule has 1 aromatic carbocycles. The van der Waals surface area contributed by atoms with Gasteiger partial charge in [-0.1, -0.05) is 29.8 Å². The monoisotopic (exact) mass is 353 g/mol. The molecule has 3 aromatic rings. The number of carbonyl (C=O) groups excluding carboxylic acids is 1. The summed E-state index contributed by atoms with van der Waals surface area (Å²) in [6.07, 6.45) is 2.86. The van der Waals surface area contributed by atoms with Crippen LogP contribution in [0.4, 0.5) is 0 Å². The second-order valence-electron chi connectivity index (χ2n) is 5.90. The summed E-state index contributed by atoms with van der Waals surface area (Å²) in [5, 5.41) is 23.0. The van der Waals surface area contributed by atoms with Crippen LogP contribution in [0, 0.1) is 6.92 Å². The number of aromatic nitrogens is 5. The van der Waals surface area contributed by atoms with Crippen molar-refractivity contribution in [2.45, 2.75) is 20.1 Å². The summed E-state index contributed by atoms with van der Waals surface area (Å²) in [5.41, 5.74) is 3.72. The summed E-state index contributed by atoms with van der Waals surface area (Å²) >= 11 is 0. The van der Waals surface area contributed by atoms with Gasteiger partial charge in [-0.05, 0) is 23.8 Å². The summed E-state index contributed by atoms with van der Waals surface area (Å²) in [6, 6.07) is 10.0. The highest BCUT2D eigenvalue weighted by atomic mass is 16.5. The normalized spacial score (nSPS) is 11.7. The second kappa shape index (κ2) is 7.75. The summed E-state index contributed by atoms with van der Waals surface area (Å²) in [6.45, 7) is 3.06. The van der Waals surface area contributed by atoms with E-state index >= 15 is 0 Å². The van der Waals surface area contributed by atoms with Crippen LogP contribution in [-0.2, 0) is 17.9 Å². The highest BCUT2D eigenvalue weighted by molar-refractivity contribution is 6.05. The fourth-order valence-electron chi connectivity index (χ4n) is 2.54. The molecule has 8 nitrogen and oxygen atoms in total. The maximum atomic E-state index is 12.0. The van der Waals surface area contributed by atoms with Crippen molar-refractivity contribution in [3.8, 4) is 0 Å². The summed E-state index contributed by atoms with van der Waals surface area (Å²) in [4.78, 5) is 12.0. The van der Waals surface area contributed by atoms with E-state index in [4.69, 9.17) is 4.74 Å². The van der Waals surface area contributed by atoms with Crippen molar-refractivity contribution in [3.63, 3.8) is 0 Å². The van der Waals surface area contributed by atoms with E-state index in [0.717, 1.165) is 17.3 Å². The standard InChI is InChI=1S/C18H19N5O3/c1-12-3-5-13(6-4-12)9-23-10-14(7-15(23)11-26-2)16(24)8-17(25)18-19-21-22-20-18/h3-8,10,24H,9,11H2,1-2H3,(H,19,20,21,22). The number of nitrogens with one attached hydrogen (secondary N) is 1. The maximum absolute atomic E-state index is 12.0. The van der Waals surface area contributed by atoms with Crippen LogP contribution in [0.15, 0.2) is 42.6 Å². The molecule has 0 fully saturated rings. The molecule has 2 heterocycles. The van der Waals surface area contributed by atoms with Crippen molar-refractivity contribution in [1.29, 1.82) is 0 Å². The number of hydrogen-bond acceptors (Lipinski definition) is 6. The molecule has 0 amide bonds. The Morgan fingerprint density at radius 3 is 2.77 bits per heavy atom. The van der Waals surface area contributed by atoms with Gasteiger partial charge in [-0.25, -0.2) is 0 Å². The molecule has 0 atom stereocenters. The highest BCUT2D eigenvalue weighted by Crippen LogP contribution is 2.19. The Morgan fingerprint density at radius 2 is 2.12 bits per heavy atom. The van der Waals surface area contributed by atoms with E-state index in [1.54, 1.807) is 19.4 Å². The van der Waals surface area contributed by atoms with E-state index in [1.165, 1.54) is 5.56 Å². The largest absolute Gasteiger partial charge is 0.507 e. The van der Waals surface area contributed by atoms with Crippen LogP contribution in [0.3, 0.4) is 0 Å². The van der Waals surface area contributed by atoms with Crippen LogP contribution in [0.5, 0.6) is 0 Å². The molecule has 0 aliphatic heterocycles. The number of allylic oxidation sites excluding steroid dienone is 1. The van der Waals surface area contributed by atoms with E-state index in [9.17, 15) is 9.90 Å². The molecule has 2 aromatic heterocycles. The molecule has 26 heavy (non-hydrogen) atoms. The third-order valence-corrected chi connectivity index (χ3v) is 3.88. The van der Waals surface area contributed by atoms with Gasteiger partial charge < -0.3 is 14.4 Å². The molecule has 3 rings (SSSR count). The fraction of sp³-hybridized carbons (Fsp3) is 0.222. The van der Waals surface area contributed by atoms with Crippen LogP contribution >= 0.6 is 0 Å². The zero-order valence-corrected chi connectivity index (χ0v) is 14.5. The number of aryl methyl sites for hydroxylation is 1. The quantitative estimate of drug-likeness (QED) is 0.383. The third kappa shape index (κ3) is 4.04. The van der Waals surface area contributed by atoms with Gasteiger partial charge in [-0.15, -0.1) is 10.2 Å². The number of tetrazole rings is 1. The van der Waals surface area contributed by atoms with Crippen molar-refractivity contribution in [2.75, 3.05) is 7.11 Å². The van der Waals surface area contributed by atoms with Crippen LogP contribution < -0.4 is 0 Å². The first kappa shape index (κ1) is 17.6. The Kier molecular flexibility index (Phi) is 5.23. The molecular formula is C18H19N5O3. The lowest BCUT2D eigenvalue weighted by Gasteiger charge is -2.08. The molecule has 0 aliphatic rings. The molecule has 8 heteroatoms. The van der Waals surface area contributed by atoms with Gasteiger partial charge in [0, 0.05) is 37.2 Å². The van der Waals surface area contributed by atoms with Crippen molar-refractivity contribution in [2.24, 2.45) is 0 Å². The molecule has 0 saturated carbocycles. The van der Waals surface area contributed by atoms with Gasteiger partial charge in [-0.3, -0.25) is 4.79 Å². The Bertz CT molecular complexity index is 911. The Hall–Kier alpha value is -3.26. The number of nitrogens with zero attached hydrogens (tertiary/aromatic N) is 4. The van der Waals surface area contributed by atoms with E-state index in [0.29, 0.717) is 18.7 Å². The molecule has 0 bridgehead atoms. The van der Waals surface area contributed by atoms with E-state index in [-0.39, 0.29) is 11.6 Å². The molecule has 134 valence electrons. The third-order valence-electron chi connectivity index (χ3n) is 3.88. The summed E-state index contributed by atoms with van der Waals surface area (Å²) < 4.78 is 7.22. The molecule has 0 aliphatic carbocycles. The molecule has 0 spiro atoms. The number of H-pyrrole nitrogens is 1. The molecule has 2 N–H and O–H groups in total. The first-order valence-corrected chi connectivity index (χ1v) is 7.99.